The third-order valence-corrected chi connectivity index (χ3v) is 6.82. The average Bonchev–Trinajstić information content (AvgIpc) is 2.84. The van der Waals surface area contributed by atoms with E-state index in [4.69, 9.17) is 11.6 Å². The van der Waals surface area contributed by atoms with Crippen LogP contribution in [0, 0.1) is 0 Å². The zero-order valence-electron chi connectivity index (χ0n) is 17.5. The van der Waals surface area contributed by atoms with Crippen molar-refractivity contribution < 1.29 is 9.59 Å². The Bertz CT molecular complexity index is 1050. The highest BCUT2D eigenvalue weighted by molar-refractivity contribution is 7.98. The van der Waals surface area contributed by atoms with Crippen molar-refractivity contribution in [2.45, 2.75) is 29.5 Å². The number of carbonyl (C=O) groups excluding carboxylic acids is 2. The maximum Gasteiger partial charge on any atom is 0.253 e. The Balaban J connectivity index is 1.24. The first kappa shape index (κ1) is 22.4. The van der Waals surface area contributed by atoms with Crippen LogP contribution in [0.4, 0.5) is 0 Å². The van der Waals surface area contributed by atoms with Gasteiger partial charge in [-0.25, -0.2) is 0 Å². The largest absolute Gasteiger partial charge is 0.349 e. The van der Waals surface area contributed by atoms with Gasteiger partial charge in [-0.05, 0) is 66.9 Å². The lowest BCUT2D eigenvalue weighted by Crippen LogP contribution is -2.46. The van der Waals surface area contributed by atoms with E-state index in [-0.39, 0.29) is 17.9 Å². The molecule has 2 aromatic carbocycles. The van der Waals surface area contributed by atoms with Gasteiger partial charge in [0.2, 0.25) is 0 Å². The minimum Gasteiger partial charge on any atom is -0.349 e. The summed E-state index contributed by atoms with van der Waals surface area (Å²) in [4.78, 5) is 32.2. The number of aromatic nitrogens is 1. The maximum atomic E-state index is 12.7. The minimum absolute atomic E-state index is 0.0178. The van der Waals surface area contributed by atoms with Gasteiger partial charge in [0, 0.05) is 58.3 Å². The van der Waals surface area contributed by atoms with Crippen LogP contribution in [0.25, 0.3) is 0 Å². The molecular weight excluding hydrogens is 442 g/mol. The van der Waals surface area contributed by atoms with E-state index < -0.39 is 0 Å². The molecule has 2 amide bonds. The molecule has 5 nitrogen and oxygen atoms in total. The summed E-state index contributed by atoms with van der Waals surface area (Å²) in [6, 6.07) is 19.0. The van der Waals surface area contributed by atoms with Gasteiger partial charge in [0.15, 0.2) is 0 Å². The van der Waals surface area contributed by atoms with Gasteiger partial charge in [0.1, 0.15) is 0 Å². The van der Waals surface area contributed by atoms with Crippen LogP contribution in [-0.2, 0) is 5.75 Å². The first-order valence-corrected chi connectivity index (χ1v) is 11.9. The molecule has 32 heavy (non-hydrogen) atoms. The highest BCUT2D eigenvalue weighted by atomic mass is 35.5. The number of benzene rings is 2. The van der Waals surface area contributed by atoms with E-state index in [1.165, 1.54) is 0 Å². The molecule has 0 saturated carbocycles. The summed E-state index contributed by atoms with van der Waals surface area (Å²) in [5.41, 5.74) is 2.46. The second-order valence-corrected chi connectivity index (χ2v) is 9.20. The number of carbonyl (C=O) groups is 2. The van der Waals surface area contributed by atoms with E-state index in [0.29, 0.717) is 24.2 Å². The van der Waals surface area contributed by atoms with Crippen molar-refractivity contribution in [2.24, 2.45) is 0 Å². The number of halogens is 1. The van der Waals surface area contributed by atoms with Crippen LogP contribution in [0.3, 0.4) is 0 Å². The Hall–Kier alpha value is -2.83. The first-order chi connectivity index (χ1) is 15.6. The van der Waals surface area contributed by atoms with Crippen molar-refractivity contribution in [3.8, 4) is 0 Å². The number of nitrogens with zero attached hydrogens (tertiary/aromatic N) is 2. The molecule has 7 heteroatoms. The molecule has 1 aliphatic rings. The Morgan fingerprint density at radius 1 is 0.938 bits per heavy atom. The van der Waals surface area contributed by atoms with Crippen LogP contribution in [0.1, 0.15) is 39.1 Å². The van der Waals surface area contributed by atoms with Crippen molar-refractivity contribution in [1.29, 1.82) is 0 Å². The van der Waals surface area contributed by atoms with Gasteiger partial charge in [0.25, 0.3) is 11.8 Å². The molecule has 0 unspecified atom stereocenters. The van der Waals surface area contributed by atoms with E-state index in [0.717, 1.165) is 34.1 Å². The molecule has 1 aromatic heterocycles. The van der Waals surface area contributed by atoms with Crippen molar-refractivity contribution in [2.75, 3.05) is 13.1 Å². The molecule has 0 radical (unpaired) electrons. The summed E-state index contributed by atoms with van der Waals surface area (Å²) in [5.74, 6) is 0.776. The summed E-state index contributed by atoms with van der Waals surface area (Å²) in [6.45, 7) is 1.26. The van der Waals surface area contributed by atoms with Crippen LogP contribution >= 0.6 is 23.4 Å². The number of amides is 2. The number of nitrogens with one attached hydrogen (secondary N) is 1. The first-order valence-electron chi connectivity index (χ1n) is 10.6. The molecule has 1 fully saturated rings. The van der Waals surface area contributed by atoms with Crippen molar-refractivity contribution in [1.82, 2.24) is 15.2 Å². The van der Waals surface area contributed by atoms with Gasteiger partial charge in [-0.3, -0.25) is 14.6 Å². The predicted molar refractivity (Wildman–Crippen MR) is 128 cm³/mol. The number of likely N-dealkylation sites (tertiary alicyclic amines) is 1. The zero-order chi connectivity index (χ0) is 22.3. The van der Waals surface area contributed by atoms with E-state index in [1.54, 1.807) is 36.3 Å². The molecule has 1 aliphatic heterocycles. The molecule has 2 heterocycles. The standard InChI is InChI=1S/C25H24ClN3O2S/c26-21-5-7-23(8-6-21)32-17-18-1-3-19(4-2-18)24(30)28-22-11-15-29(16-12-22)25(31)20-9-13-27-14-10-20/h1-10,13-14,22H,11-12,15-17H2,(H,28,30). The Kier molecular flexibility index (Phi) is 7.45. The van der Waals surface area contributed by atoms with Crippen molar-refractivity contribution >= 4 is 35.2 Å². The van der Waals surface area contributed by atoms with Gasteiger partial charge in [0.05, 0.1) is 0 Å². The highest BCUT2D eigenvalue weighted by Gasteiger charge is 2.24. The lowest BCUT2D eigenvalue weighted by atomic mass is 10.0. The van der Waals surface area contributed by atoms with Gasteiger partial charge < -0.3 is 10.2 Å². The van der Waals surface area contributed by atoms with Crippen LogP contribution in [0.5, 0.6) is 0 Å². The van der Waals surface area contributed by atoms with Gasteiger partial charge in [-0.1, -0.05) is 23.7 Å². The number of thioether (sulfide) groups is 1. The number of hydrogen-bond acceptors (Lipinski definition) is 4. The van der Waals surface area contributed by atoms with Crippen LogP contribution in [0.2, 0.25) is 5.02 Å². The number of piperidine rings is 1. The topological polar surface area (TPSA) is 62.3 Å². The molecule has 1 N–H and O–H groups in total. The molecule has 0 bridgehead atoms. The predicted octanol–water partition coefficient (Wildman–Crippen LogP) is 5.06. The zero-order valence-corrected chi connectivity index (χ0v) is 19.1. The quantitative estimate of drug-likeness (QED) is 0.517. The fourth-order valence-corrected chi connectivity index (χ4v) is 4.60. The molecule has 164 valence electrons. The van der Waals surface area contributed by atoms with E-state index in [1.807, 2.05) is 53.4 Å². The number of hydrogen-bond donors (Lipinski definition) is 1. The molecule has 0 aliphatic carbocycles. The SMILES string of the molecule is O=C(NC1CCN(C(=O)c2ccncc2)CC1)c1ccc(CSc2ccc(Cl)cc2)cc1. The van der Waals surface area contributed by atoms with Crippen LogP contribution in [-0.4, -0.2) is 40.8 Å². The third kappa shape index (κ3) is 5.90. The fourth-order valence-electron chi connectivity index (χ4n) is 3.62. The van der Waals surface area contributed by atoms with E-state index >= 15 is 0 Å². The fraction of sp³-hybridized carbons (Fsp3) is 0.240. The molecule has 1 saturated heterocycles. The Morgan fingerprint density at radius 3 is 2.25 bits per heavy atom. The third-order valence-electron chi connectivity index (χ3n) is 5.48. The molecule has 0 spiro atoms. The monoisotopic (exact) mass is 465 g/mol. The Morgan fingerprint density at radius 2 is 1.59 bits per heavy atom. The Labute approximate surface area is 197 Å². The smallest absolute Gasteiger partial charge is 0.253 e. The van der Waals surface area contributed by atoms with E-state index in [2.05, 4.69) is 10.3 Å². The normalized spacial score (nSPS) is 14.2. The average molecular weight is 466 g/mol. The summed E-state index contributed by atoms with van der Waals surface area (Å²) >= 11 is 7.66. The van der Waals surface area contributed by atoms with Crippen molar-refractivity contribution in [3.63, 3.8) is 0 Å². The number of pyridine rings is 1. The molecule has 4 rings (SSSR count). The minimum atomic E-state index is -0.0687. The molecular formula is C25H24ClN3O2S. The lowest BCUT2D eigenvalue weighted by molar-refractivity contribution is 0.0698. The van der Waals surface area contributed by atoms with Crippen LogP contribution < -0.4 is 5.32 Å². The summed E-state index contributed by atoms with van der Waals surface area (Å²) in [5, 5.41) is 3.84. The van der Waals surface area contributed by atoms with Crippen LogP contribution in [0.15, 0.2) is 78.0 Å². The van der Waals surface area contributed by atoms with Gasteiger partial charge in [-0.15, -0.1) is 11.8 Å². The summed E-state index contributed by atoms with van der Waals surface area (Å²) in [6.07, 6.45) is 4.75. The second-order valence-electron chi connectivity index (χ2n) is 7.72. The van der Waals surface area contributed by atoms with Gasteiger partial charge >= 0.3 is 0 Å². The second kappa shape index (κ2) is 10.7. The van der Waals surface area contributed by atoms with E-state index in [9.17, 15) is 9.59 Å². The number of rotatable bonds is 6. The van der Waals surface area contributed by atoms with Gasteiger partial charge in [-0.2, -0.15) is 0 Å². The lowest BCUT2D eigenvalue weighted by Gasteiger charge is -2.32. The summed E-state index contributed by atoms with van der Waals surface area (Å²) in [7, 11) is 0. The molecule has 0 atom stereocenters. The van der Waals surface area contributed by atoms with Crippen molar-refractivity contribution in [3.05, 3.63) is 94.8 Å². The molecule has 3 aromatic rings. The summed E-state index contributed by atoms with van der Waals surface area (Å²) < 4.78 is 0. The highest BCUT2D eigenvalue weighted by Crippen LogP contribution is 2.24. The maximum absolute atomic E-state index is 12.7.